The highest BCUT2D eigenvalue weighted by Gasteiger charge is 2.35. The summed E-state index contributed by atoms with van der Waals surface area (Å²) in [5.74, 6) is -1.31. The molecular formula is C26H23ClFNO4. The van der Waals surface area contributed by atoms with E-state index in [0.29, 0.717) is 34.7 Å². The number of nitrogens with zero attached hydrogens (tertiary/aromatic N) is 1. The number of amides is 1. The lowest BCUT2D eigenvalue weighted by atomic mass is 9.91. The second kappa shape index (κ2) is 9.24. The first kappa shape index (κ1) is 22.8. The van der Waals surface area contributed by atoms with Crippen molar-refractivity contribution in [2.75, 3.05) is 6.54 Å². The minimum Gasteiger partial charge on any atom is -0.487 e. The smallest absolute Gasteiger partial charge is 0.323 e. The van der Waals surface area contributed by atoms with Gasteiger partial charge in [0.1, 0.15) is 23.7 Å². The fourth-order valence-corrected chi connectivity index (χ4v) is 4.31. The highest BCUT2D eigenvalue weighted by atomic mass is 35.5. The summed E-state index contributed by atoms with van der Waals surface area (Å²) >= 11 is 5.98. The van der Waals surface area contributed by atoms with Gasteiger partial charge >= 0.3 is 5.97 Å². The summed E-state index contributed by atoms with van der Waals surface area (Å²) in [7, 11) is 0. The van der Waals surface area contributed by atoms with Crippen LogP contribution in [0.5, 0.6) is 5.75 Å². The fraction of sp³-hybridized carbons (Fsp3) is 0.231. The number of rotatable bonds is 7. The van der Waals surface area contributed by atoms with Gasteiger partial charge in [-0.3, -0.25) is 9.59 Å². The lowest BCUT2D eigenvalue weighted by molar-refractivity contribution is -0.137. The maximum Gasteiger partial charge on any atom is 0.323 e. The van der Waals surface area contributed by atoms with E-state index in [0.717, 1.165) is 11.1 Å². The van der Waals surface area contributed by atoms with E-state index < -0.39 is 29.8 Å². The molecule has 1 N–H and O–H groups in total. The van der Waals surface area contributed by atoms with Crippen LogP contribution in [0.3, 0.4) is 0 Å². The molecule has 5 nitrogen and oxygen atoms in total. The number of hydrogen-bond acceptors (Lipinski definition) is 3. The first-order valence-corrected chi connectivity index (χ1v) is 10.9. The Morgan fingerprint density at radius 2 is 1.85 bits per heavy atom. The summed E-state index contributed by atoms with van der Waals surface area (Å²) in [5, 5.41) is 9.97. The van der Waals surface area contributed by atoms with Gasteiger partial charge in [-0.05, 0) is 66.1 Å². The van der Waals surface area contributed by atoms with Gasteiger partial charge in [0, 0.05) is 30.0 Å². The maximum atomic E-state index is 13.6. The summed E-state index contributed by atoms with van der Waals surface area (Å²) in [6.45, 7) is 1.52. The van der Waals surface area contributed by atoms with Crippen molar-refractivity contribution in [1.29, 1.82) is 0 Å². The molecule has 7 heteroatoms. The summed E-state index contributed by atoms with van der Waals surface area (Å²) in [6, 6.07) is 18.5. The highest BCUT2D eigenvalue weighted by Crippen LogP contribution is 2.37. The zero-order valence-corrected chi connectivity index (χ0v) is 18.8. The number of aliphatic carboxylic acids is 1. The number of carbonyl (C=O) groups excluding carboxylic acids is 1. The topological polar surface area (TPSA) is 66.8 Å². The van der Waals surface area contributed by atoms with Gasteiger partial charge in [-0.1, -0.05) is 35.9 Å². The van der Waals surface area contributed by atoms with E-state index in [1.807, 2.05) is 31.2 Å². The van der Waals surface area contributed by atoms with Crippen LogP contribution in [0.4, 0.5) is 4.39 Å². The van der Waals surface area contributed by atoms with E-state index in [-0.39, 0.29) is 6.54 Å². The average Bonchev–Trinajstić information content (AvgIpc) is 3.09. The molecule has 1 amide bonds. The van der Waals surface area contributed by atoms with Crippen LogP contribution in [-0.4, -0.2) is 34.0 Å². The van der Waals surface area contributed by atoms with Gasteiger partial charge in [-0.2, -0.15) is 0 Å². The maximum absolute atomic E-state index is 13.6. The number of hydrogen-bond donors (Lipinski definition) is 1. The van der Waals surface area contributed by atoms with Crippen LogP contribution in [0.25, 0.3) is 0 Å². The van der Waals surface area contributed by atoms with Crippen molar-refractivity contribution < 1.29 is 23.8 Å². The number of carboxylic acids is 1. The number of benzene rings is 3. The van der Waals surface area contributed by atoms with Crippen LogP contribution in [0.15, 0.2) is 66.7 Å². The molecule has 1 atom stereocenters. The molecule has 0 saturated heterocycles. The molecule has 1 heterocycles. The molecule has 0 spiro atoms. The van der Waals surface area contributed by atoms with Crippen LogP contribution < -0.4 is 4.74 Å². The molecule has 0 fully saturated rings. The Morgan fingerprint density at radius 1 is 1.09 bits per heavy atom. The SMILES string of the molecule is C[C@@]1(Cc2ccc(Cl)cc2)Cc2cc(C(=O)N(CC(=O)O)Cc3cccc(F)c3)ccc2O1. The van der Waals surface area contributed by atoms with Crippen molar-refractivity contribution in [2.24, 2.45) is 0 Å². The molecule has 1 aliphatic heterocycles. The Morgan fingerprint density at radius 3 is 2.55 bits per heavy atom. The molecule has 170 valence electrons. The van der Waals surface area contributed by atoms with Gasteiger partial charge in [0.25, 0.3) is 5.91 Å². The number of carbonyl (C=O) groups is 2. The normalized spacial score (nSPS) is 16.7. The largest absolute Gasteiger partial charge is 0.487 e. The first-order chi connectivity index (χ1) is 15.7. The van der Waals surface area contributed by atoms with Gasteiger partial charge in [0.15, 0.2) is 0 Å². The Bertz CT molecular complexity index is 1200. The first-order valence-electron chi connectivity index (χ1n) is 10.5. The number of carboxylic acid groups (broad SMARTS) is 1. The van der Waals surface area contributed by atoms with Crippen LogP contribution in [0.2, 0.25) is 5.02 Å². The predicted molar refractivity (Wildman–Crippen MR) is 123 cm³/mol. The number of halogens is 2. The molecule has 1 aliphatic rings. The van der Waals surface area contributed by atoms with Crippen molar-refractivity contribution in [3.8, 4) is 5.75 Å². The molecule has 0 aliphatic carbocycles. The molecule has 3 aromatic carbocycles. The second-order valence-corrected chi connectivity index (χ2v) is 8.98. The minimum atomic E-state index is -1.14. The van der Waals surface area contributed by atoms with Gasteiger partial charge in [-0.25, -0.2) is 4.39 Å². The lowest BCUT2D eigenvalue weighted by Gasteiger charge is -2.24. The summed E-state index contributed by atoms with van der Waals surface area (Å²) in [4.78, 5) is 25.7. The highest BCUT2D eigenvalue weighted by molar-refractivity contribution is 6.30. The van der Waals surface area contributed by atoms with E-state index in [1.54, 1.807) is 24.3 Å². The van der Waals surface area contributed by atoms with Gasteiger partial charge in [0.05, 0.1) is 0 Å². The predicted octanol–water partition coefficient (Wildman–Crippen LogP) is 5.14. The van der Waals surface area contributed by atoms with Crippen molar-refractivity contribution in [1.82, 2.24) is 4.90 Å². The third-order valence-corrected chi connectivity index (χ3v) is 5.85. The molecule has 0 aromatic heterocycles. The van der Waals surface area contributed by atoms with Crippen molar-refractivity contribution >= 4 is 23.5 Å². The van der Waals surface area contributed by atoms with Gasteiger partial charge in [-0.15, -0.1) is 0 Å². The van der Waals surface area contributed by atoms with E-state index in [1.165, 1.54) is 23.1 Å². The van der Waals surface area contributed by atoms with E-state index in [2.05, 4.69) is 0 Å². The van der Waals surface area contributed by atoms with Gasteiger partial charge in [0.2, 0.25) is 0 Å². The lowest BCUT2D eigenvalue weighted by Crippen LogP contribution is -2.35. The number of ether oxygens (including phenoxy) is 1. The van der Waals surface area contributed by atoms with Crippen LogP contribution >= 0.6 is 11.6 Å². The fourth-order valence-electron chi connectivity index (χ4n) is 4.19. The molecule has 0 radical (unpaired) electrons. The Hall–Kier alpha value is -3.38. The van der Waals surface area contributed by atoms with Crippen LogP contribution in [0.1, 0.15) is 34.0 Å². The standard InChI is InChI=1S/C26H23ClFNO4/c1-26(13-17-5-8-21(27)9-6-17)14-20-12-19(7-10-23(20)33-26)25(32)29(16-24(30)31)15-18-3-2-4-22(28)11-18/h2-12H,13-16H2,1H3,(H,30,31)/t26-/m1/s1. The van der Waals surface area contributed by atoms with Crippen molar-refractivity contribution in [2.45, 2.75) is 31.9 Å². The molecule has 33 heavy (non-hydrogen) atoms. The Balaban J connectivity index is 1.53. The Kier molecular flexibility index (Phi) is 6.38. The summed E-state index contributed by atoms with van der Waals surface area (Å²) in [6.07, 6.45) is 1.28. The number of fused-ring (bicyclic) bond motifs is 1. The molecule has 0 bridgehead atoms. The van der Waals surface area contributed by atoms with Gasteiger partial charge < -0.3 is 14.7 Å². The van der Waals surface area contributed by atoms with E-state index in [9.17, 15) is 19.1 Å². The third-order valence-electron chi connectivity index (χ3n) is 5.60. The third kappa shape index (κ3) is 5.52. The van der Waals surface area contributed by atoms with Crippen molar-refractivity contribution in [3.05, 3.63) is 99.8 Å². The van der Waals surface area contributed by atoms with Crippen molar-refractivity contribution in [3.63, 3.8) is 0 Å². The molecule has 3 aromatic rings. The minimum absolute atomic E-state index is 0.00917. The molecule has 4 rings (SSSR count). The molecule has 0 saturated carbocycles. The molecular weight excluding hydrogens is 445 g/mol. The van der Waals surface area contributed by atoms with Crippen LogP contribution in [-0.2, 0) is 24.2 Å². The average molecular weight is 468 g/mol. The Labute approximate surface area is 196 Å². The van der Waals surface area contributed by atoms with E-state index in [4.69, 9.17) is 16.3 Å². The summed E-state index contributed by atoms with van der Waals surface area (Å²) < 4.78 is 19.8. The summed E-state index contributed by atoms with van der Waals surface area (Å²) in [5.41, 5.74) is 2.39. The van der Waals surface area contributed by atoms with E-state index >= 15 is 0 Å². The van der Waals surface area contributed by atoms with Crippen LogP contribution in [0, 0.1) is 5.82 Å². The second-order valence-electron chi connectivity index (χ2n) is 8.54. The molecule has 0 unspecified atom stereocenters. The zero-order chi connectivity index (χ0) is 23.6. The monoisotopic (exact) mass is 467 g/mol. The quantitative estimate of drug-likeness (QED) is 0.522. The zero-order valence-electron chi connectivity index (χ0n) is 18.1.